The van der Waals surface area contributed by atoms with Gasteiger partial charge in [-0.2, -0.15) is 0 Å². The van der Waals surface area contributed by atoms with Crippen molar-refractivity contribution in [3.8, 4) is 0 Å². The molecule has 0 spiro atoms. The molecule has 0 aliphatic heterocycles. The Hall–Kier alpha value is -1.57. The maximum absolute atomic E-state index is 11.7. The minimum atomic E-state index is -0.0382. The summed E-state index contributed by atoms with van der Waals surface area (Å²) in [5, 5.41) is 0. The van der Waals surface area contributed by atoms with Crippen LogP contribution in [0.4, 0.5) is 5.69 Å². The van der Waals surface area contributed by atoms with Gasteiger partial charge in [0.25, 0.3) is 5.91 Å². The van der Waals surface area contributed by atoms with Crippen LogP contribution < -0.4 is 4.90 Å². The van der Waals surface area contributed by atoms with Crippen molar-refractivity contribution in [2.75, 3.05) is 11.9 Å². The van der Waals surface area contributed by atoms with Gasteiger partial charge in [0.1, 0.15) is 0 Å². The molecule has 0 saturated carbocycles. The summed E-state index contributed by atoms with van der Waals surface area (Å²) >= 11 is 0. The molecule has 0 fully saturated rings. The van der Waals surface area contributed by atoms with E-state index in [4.69, 9.17) is 0 Å². The lowest BCUT2D eigenvalue weighted by molar-refractivity contribution is -0.114. The molecule has 0 saturated heterocycles. The Morgan fingerprint density at radius 2 is 1.93 bits per heavy atom. The summed E-state index contributed by atoms with van der Waals surface area (Å²) in [6.45, 7) is 9.45. The zero-order valence-electron chi connectivity index (χ0n) is 9.79. The minimum Gasteiger partial charge on any atom is -0.311 e. The molecule has 0 N–H and O–H groups in total. The second-order valence-electron chi connectivity index (χ2n) is 3.86. The number of likely N-dealkylation sites (N-methyl/N-ethyl adjacent to an activating group) is 1. The first-order valence-electron chi connectivity index (χ1n) is 4.95. The molecule has 2 heteroatoms. The second kappa shape index (κ2) is 4.30. The molecule has 0 aliphatic carbocycles. The first kappa shape index (κ1) is 11.5. The lowest BCUT2D eigenvalue weighted by atomic mass is 10.1. The summed E-state index contributed by atoms with van der Waals surface area (Å²) in [6, 6.07) is 5.95. The SMILES string of the molecule is C=C(C)C(=O)N(C)c1cccc(C)c1C. The Balaban J connectivity index is 3.12. The molecular formula is C13H17NO. The summed E-state index contributed by atoms with van der Waals surface area (Å²) in [5.41, 5.74) is 3.82. The molecule has 0 aliphatic rings. The number of carbonyl (C=O) groups excluding carboxylic acids is 1. The molecule has 1 aromatic rings. The van der Waals surface area contributed by atoms with Gasteiger partial charge in [-0.1, -0.05) is 18.7 Å². The first-order chi connectivity index (χ1) is 6.95. The van der Waals surface area contributed by atoms with Crippen LogP contribution in [0.5, 0.6) is 0 Å². The van der Waals surface area contributed by atoms with Crippen molar-refractivity contribution in [1.29, 1.82) is 0 Å². The molecule has 0 atom stereocenters. The highest BCUT2D eigenvalue weighted by Gasteiger charge is 2.13. The van der Waals surface area contributed by atoms with E-state index in [1.165, 1.54) is 5.56 Å². The molecule has 0 heterocycles. The smallest absolute Gasteiger partial charge is 0.253 e. The highest BCUT2D eigenvalue weighted by atomic mass is 16.2. The van der Waals surface area contributed by atoms with E-state index in [1.807, 2.05) is 32.0 Å². The van der Waals surface area contributed by atoms with Crippen LogP contribution in [0.1, 0.15) is 18.1 Å². The molecule has 0 bridgehead atoms. The van der Waals surface area contributed by atoms with E-state index in [9.17, 15) is 4.79 Å². The van der Waals surface area contributed by atoms with Crippen molar-refractivity contribution < 1.29 is 4.79 Å². The van der Waals surface area contributed by atoms with Crippen molar-refractivity contribution in [3.63, 3.8) is 0 Å². The monoisotopic (exact) mass is 203 g/mol. The van der Waals surface area contributed by atoms with Crippen LogP contribution in [-0.4, -0.2) is 13.0 Å². The fourth-order valence-electron chi connectivity index (χ4n) is 1.49. The topological polar surface area (TPSA) is 20.3 Å². The van der Waals surface area contributed by atoms with Crippen LogP contribution in [0, 0.1) is 13.8 Å². The normalized spacial score (nSPS) is 9.87. The fourth-order valence-corrected chi connectivity index (χ4v) is 1.49. The molecular weight excluding hydrogens is 186 g/mol. The van der Waals surface area contributed by atoms with E-state index in [-0.39, 0.29) is 5.91 Å². The number of nitrogens with zero attached hydrogens (tertiary/aromatic N) is 1. The zero-order chi connectivity index (χ0) is 11.6. The number of benzene rings is 1. The van der Waals surface area contributed by atoms with Crippen molar-refractivity contribution in [2.45, 2.75) is 20.8 Å². The molecule has 1 amide bonds. The summed E-state index contributed by atoms with van der Waals surface area (Å²) in [6.07, 6.45) is 0. The third kappa shape index (κ3) is 2.27. The van der Waals surface area contributed by atoms with Crippen molar-refractivity contribution in [3.05, 3.63) is 41.5 Å². The largest absolute Gasteiger partial charge is 0.311 e. The lowest BCUT2D eigenvalue weighted by Gasteiger charge is -2.20. The predicted molar refractivity (Wildman–Crippen MR) is 64.1 cm³/mol. The maximum atomic E-state index is 11.7. The van der Waals surface area contributed by atoms with Gasteiger partial charge in [-0.3, -0.25) is 4.79 Å². The van der Waals surface area contributed by atoms with Crippen LogP contribution in [0.3, 0.4) is 0 Å². The van der Waals surface area contributed by atoms with E-state index in [1.54, 1.807) is 18.9 Å². The van der Waals surface area contributed by atoms with Crippen LogP contribution in [0.25, 0.3) is 0 Å². The third-order valence-corrected chi connectivity index (χ3v) is 2.61. The summed E-state index contributed by atoms with van der Waals surface area (Å²) in [5.74, 6) is -0.0382. The lowest BCUT2D eigenvalue weighted by Crippen LogP contribution is -2.27. The van der Waals surface area contributed by atoms with Crippen molar-refractivity contribution >= 4 is 11.6 Å². The quantitative estimate of drug-likeness (QED) is 0.677. The van der Waals surface area contributed by atoms with Crippen molar-refractivity contribution in [1.82, 2.24) is 0 Å². The van der Waals surface area contributed by atoms with Gasteiger partial charge in [-0.05, 0) is 38.0 Å². The summed E-state index contributed by atoms with van der Waals surface area (Å²) < 4.78 is 0. The van der Waals surface area contributed by atoms with Gasteiger partial charge >= 0.3 is 0 Å². The number of hydrogen-bond acceptors (Lipinski definition) is 1. The van der Waals surface area contributed by atoms with E-state index in [0.29, 0.717) is 5.57 Å². The molecule has 15 heavy (non-hydrogen) atoms. The van der Waals surface area contributed by atoms with Crippen LogP contribution >= 0.6 is 0 Å². The number of anilines is 1. The Labute approximate surface area is 91.2 Å². The van der Waals surface area contributed by atoms with E-state index >= 15 is 0 Å². The standard InChI is InChI=1S/C13H17NO/c1-9(2)13(15)14(5)12-8-6-7-10(3)11(12)4/h6-8H,1H2,2-5H3. The highest BCUT2D eigenvalue weighted by Crippen LogP contribution is 2.22. The molecule has 0 aromatic heterocycles. The number of hydrogen-bond donors (Lipinski definition) is 0. The highest BCUT2D eigenvalue weighted by molar-refractivity contribution is 6.04. The Morgan fingerprint density at radius 3 is 2.47 bits per heavy atom. The average molecular weight is 203 g/mol. The van der Waals surface area contributed by atoms with Crippen molar-refractivity contribution in [2.24, 2.45) is 0 Å². The number of carbonyl (C=O) groups is 1. The number of aryl methyl sites for hydroxylation is 1. The summed E-state index contributed by atoms with van der Waals surface area (Å²) in [4.78, 5) is 13.4. The zero-order valence-corrected chi connectivity index (χ0v) is 9.79. The molecule has 1 aromatic carbocycles. The van der Waals surface area contributed by atoms with E-state index < -0.39 is 0 Å². The number of amides is 1. The van der Waals surface area contributed by atoms with E-state index in [0.717, 1.165) is 11.3 Å². The fraction of sp³-hybridized carbons (Fsp3) is 0.308. The van der Waals surface area contributed by atoms with Gasteiger partial charge in [-0.25, -0.2) is 0 Å². The van der Waals surface area contributed by atoms with Gasteiger partial charge in [0.2, 0.25) is 0 Å². The predicted octanol–water partition coefficient (Wildman–Crippen LogP) is 2.84. The summed E-state index contributed by atoms with van der Waals surface area (Å²) in [7, 11) is 1.78. The van der Waals surface area contributed by atoms with Gasteiger partial charge in [0, 0.05) is 18.3 Å². The van der Waals surface area contributed by atoms with Crippen LogP contribution in [0.2, 0.25) is 0 Å². The maximum Gasteiger partial charge on any atom is 0.253 e. The van der Waals surface area contributed by atoms with Gasteiger partial charge in [0.05, 0.1) is 0 Å². The van der Waals surface area contributed by atoms with E-state index in [2.05, 4.69) is 6.58 Å². The minimum absolute atomic E-state index is 0.0382. The Kier molecular flexibility index (Phi) is 3.30. The third-order valence-electron chi connectivity index (χ3n) is 2.61. The Bertz CT molecular complexity index is 407. The first-order valence-corrected chi connectivity index (χ1v) is 4.95. The molecule has 2 nitrogen and oxygen atoms in total. The molecule has 1 rings (SSSR count). The Morgan fingerprint density at radius 1 is 1.33 bits per heavy atom. The molecule has 0 unspecified atom stereocenters. The number of rotatable bonds is 2. The second-order valence-corrected chi connectivity index (χ2v) is 3.86. The molecule has 0 radical (unpaired) electrons. The van der Waals surface area contributed by atoms with Gasteiger partial charge in [-0.15, -0.1) is 0 Å². The average Bonchev–Trinajstić information content (AvgIpc) is 2.20. The van der Waals surface area contributed by atoms with Crippen LogP contribution in [0.15, 0.2) is 30.4 Å². The molecule has 80 valence electrons. The van der Waals surface area contributed by atoms with Gasteiger partial charge < -0.3 is 4.90 Å². The van der Waals surface area contributed by atoms with Gasteiger partial charge in [0.15, 0.2) is 0 Å². The van der Waals surface area contributed by atoms with Crippen LogP contribution in [-0.2, 0) is 4.79 Å².